The molecule has 0 fully saturated rings. The Labute approximate surface area is 135 Å². The van der Waals surface area contributed by atoms with Gasteiger partial charge in [-0.15, -0.1) is 0 Å². The molecule has 114 valence electrons. The number of aromatic nitrogens is 4. The van der Waals surface area contributed by atoms with Gasteiger partial charge in [0.1, 0.15) is 5.82 Å². The molecule has 0 saturated carbocycles. The zero-order chi connectivity index (χ0) is 15.9. The summed E-state index contributed by atoms with van der Waals surface area (Å²) in [5.41, 5.74) is 5.35. The van der Waals surface area contributed by atoms with Crippen LogP contribution < -0.4 is 0 Å². The summed E-state index contributed by atoms with van der Waals surface area (Å²) < 4.78 is 2.26. The summed E-state index contributed by atoms with van der Waals surface area (Å²) >= 11 is 5.93. The normalized spacial score (nSPS) is 11.5. The topological polar surface area (TPSA) is 43.6 Å². The van der Waals surface area contributed by atoms with E-state index in [-0.39, 0.29) is 5.28 Å². The molecule has 22 heavy (non-hydrogen) atoms. The number of benzene rings is 1. The van der Waals surface area contributed by atoms with Crippen molar-refractivity contribution in [3.8, 4) is 11.3 Å². The lowest BCUT2D eigenvalue weighted by Gasteiger charge is -2.12. The van der Waals surface area contributed by atoms with Crippen LogP contribution in [-0.2, 0) is 6.42 Å². The predicted molar refractivity (Wildman–Crippen MR) is 90.3 cm³/mol. The van der Waals surface area contributed by atoms with Crippen molar-refractivity contribution in [2.45, 2.75) is 40.2 Å². The Balaban J connectivity index is 2.31. The minimum atomic E-state index is 0.268. The minimum Gasteiger partial charge on any atom is -0.326 e. The summed E-state index contributed by atoms with van der Waals surface area (Å²) in [6, 6.07) is 6.54. The summed E-state index contributed by atoms with van der Waals surface area (Å²) in [4.78, 5) is 13.1. The SMILES string of the molecule is CCc1cc(-c2ccnc(Cl)n2)cc2c1nc(C)n2C(C)C. The lowest BCUT2D eigenvalue weighted by Crippen LogP contribution is -2.03. The van der Waals surface area contributed by atoms with Crippen molar-refractivity contribution >= 4 is 22.6 Å². The Kier molecular flexibility index (Phi) is 3.87. The number of imidazole rings is 1. The predicted octanol–water partition coefficient (Wildman–Crippen LogP) is 4.60. The third-order valence-corrected chi connectivity index (χ3v) is 4.05. The van der Waals surface area contributed by atoms with Crippen LogP contribution in [0.25, 0.3) is 22.3 Å². The molecule has 0 aliphatic rings. The maximum Gasteiger partial charge on any atom is 0.222 e. The molecule has 0 amide bonds. The molecular formula is C17H19ClN4. The van der Waals surface area contributed by atoms with Crippen LogP contribution in [0.5, 0.6) is 0 Å². The quantitative estimate of drug-likeness (QED) is 0.664. The van der Waals surface area contributed by atoms with Gasteiger partial charge in [0.05, 0.1) is 16.7 Å². The molecule has 0 atom stereocenters. The van der Waals surface area contributed by atoms with Crippen LogP contribution in [0.4, 0.5) is 0 Å². The number of halogens is 1. The van der Waals surface area contributed by atoms with Crippen LogP contribution in [0.3, 0.4) is 0 Å². The zero-order valence-electron chi connectivity index (χ0n) is 13.3. The monoisotopic (exact) mass is 314 g/mol. The molecule has 2 heterocycles. The first-order valence-corrected chi connectivity index (χ1v) is 7.89. The van der Waals surface area contributed by atoms with Crippen molar-refractivity contribution in [1.29, 1.82) is 0 Å². The number of fused-ring (bicyclic) bond motifs is 1. The van der Waals surface area contributed by atoms with Gasteiger partial charge in [0.2, 0.25) is 5.28 Å². The number of hydrogen-bond acceptors (Lipinski definition) is 3. The van der Waals surface area contributed by atoms with Crippen LogP contribution in [0.1, 0.15) is 38.2 Å². The molecule has 3 rings (SSSR count). The van der Waals surface area contributed by atoms with E-state index in [9.17, 15) is 0 Å². The van der Waals surface area contributed by atoms with Crippen LogP contribution in [-0.4, -0.2) is 19.5 Å². The molecule has 5 heteroatoms. The van der Waals surface area contributed by atoms with E-state index in [1.165, 1.54) is 5.56 Å². The Morgan fingerprint density at radius 3 is 2.64 bits per heavy atom. The van der Waals surface area contributed by atoms with Crippen molar-refractivity contribution in [3.05, 3.63) is 41.1 Å². The van der Waals surface area contributed by atoms with E-state index >= 15 is 0 Å². The average molecular weight is 315 g/mol. The van der Waals surface area contributed by atoms with Gasteiger partial charge in [-0.2, -0.15) is 0 Å². The van der Waals surface area contributed by atoms with E-state index in [0.29, 0.717) is 6.04 Å². The third kappa shape index (κ3) is 2.48. The van der Waals surface area contributed by atoms with Gasteiger partial charge in [-0.3, -0.25) is 0 Å². The molecule has 0 saturated heterocycles. The van der Waals surface area contributed by atoms with E-state index in [4.69, 9.17) is 16.6 Å². The highest BCUT2D eigenvalue weighted by Crippen LogP contribution is 2.30. The van der Waals surface area contributed by atoms with Crippen molar-refractivity contribution in [2.75, 3.05) is 0 Å². The number of rotatable bonds is 3. The van der Waals surface area contributed by atoms with E-state index in [1.807, 2.05) is 6.07 Å². The maximum atomic E-state index is 5.93. The molecule has 0 N–H and O–H groups in total. The minimum absolute atomic E-state index is 0.268. The van der Waals surface area contributed by atoms with E-state index < -0.39 is 0 Å². The second-order valence-electron chi connectivity index (χ2n) is 5.69. The molecule has 0 aliphatic carbocycles. The van der Waals surface area contributed by atoms with Gasteiger partial charge in [-0.1, -0.05) is 6.92 Å². The van der Waals surface area contributed by atoms with Gasteiger partial charge in [0.25, 0.3) is 0 Å². The highest BCUT2D eigenvalue weighted by atomic mass is 35.5. The highest BCUT2D eigenvalue weighted by molar-refractivity contribution is 6.28. The number of nitrogens with zero attached hydrogens (tertiary/aromatic N) is 4. The van der Waals surface area contributed by atoms with Crippen molar-refractivity contribution in [3.63, 3.8) is 0 Å². The largest absolute Gasteiger partial charge is 0.326 e. The van der Waals surface area contributed by atoms with E-state index in [1.54, 1.807) is 6.20 Å². The lowest BCUT2D eigenvalue weighted by molar-refractivity contribution is 0.600. The van der Waals surface area contributed by atoms with Gasteiger partial charge in [0.15, 0.2) is 0 Å². The molecule has 4 nitrogen and oxygen atoms in total. The summed E-state index contributed by atoms with van der Waals surface area (Å²) in [7, 11) is 0. The highest BCUT2D eigenvalue weighted by Gasteiger charge is 2.15. The van der Waals surface area contributed by atoms with Gasteiger partial charge in [-0.05, 0) is 62.6 Å². The molecule has 3 aromatic rings. The summed E-state index contributed by atoms with van der Waals surface area (Å²) in [5.74, 6) is 1.04. The molecule has 1 aromatic carbocycles. The second-order valence-corrected chi connectivity index (χ2v) is 6.03. The fraction of sp³-hybridized carbons (Fsp3) is 0.353. The van der Waals surface area contributed by atoms with Gasteiger partial charge in [-0.25, -0.2) is 15.0 Å². The summed E-state index contributed by atoms with van der Waals surface area (Å²) in [6.45, 7) is 8.55. The summed E-state index contributed by atoms with van der Waals surface area (Å²) in [6.07, 6.45) is 2.61. The molecule has 0 spiro atoms. The first-order valence-electron chi connectivity index (χ1n) is 7.51. The van der Waals surface area contributed by atoms with Crippen molar-refractivity contribution < 1.29 is 0 Å². The van der Waals surface area contributed by atoms with Gasteiger partial charge < -0.3 is 4.57 Å². The lowest BCUT2D eigenvalue weighted by atomic mass is 10.0. The first kappa shape index (κ1) is 15.0. The van der Waals surface area contributed by atoms with Crippen LogP contribution in [0, 0.1) is 6.92 Å². The Morgan fingerprint density at radius 2 is 2.00 bits per heavy atom. The molecule has 0 unspecified atom stereocenters. The van der Waals surface area contributed by atoms with Crippen LogP contribution >= 0.6 is 11.6 Å². The average Bonchev–Trinajstić information content (AvgIpc) is 2.82. The third-order valence-electron chi connectivity index (χ3n) is 3.87. The molecule has 0 aliphatic heterocycles. The van der Waals surface area contributed by atoms with Crippen LogP contribution in [0.15, 0.2) is 24.4 Å². The van der Waals surface area contributed by atoms with Crippen LogP contribution in [0.2, 0.25) is 5.28 Å². The number of hydrogen-bond donors (Lipinski definition) is 0. The van der Waals surface area contributed by atoms with E-state index in [0.717, 1.165) is 34.5 Å². The molecule has 0 bridgehead atoms. The fourth-order valence-corrected chi connectivity index (χ4v) is 3.09. The first-order chi connectivity index (χ1) is 10.5. The van der Waals surface area contributed by atoms with Crippen molar-refractivity contribution in [2.24, 2.45) is 0 Å². The smallest absolute Gasteiger partial charge is 0.222 e. The molecule has 2 aromatic heterocycles. The molecular weight excluding hydrogens is 296 g/mol. The summed E-state index contributed by atoms with van der Waals surface area (Å²) in [5, 5.41) is 0.268. The second kappa shape index (κ2) is 5.69. The maximum absolute atomic E-state index is 5.93. The van der Waals surface area contributed by atoms with Gasteiger partial charge in [0, 0.05) is 17.8 Å². The fourth-order valence-electron chi connectivity index (χ4n) is 2.95. The Hall–Kier alpha value is -1.94. The molecule has 0 radical (unpaired) electrons. The Morgan fingerprint density at radius 1 is 1.23 bits per heavy atom. The Bertz CT molecular complexity index is 836. The number of aryl methyl sites for hydroxylation is 2. The van der Waals surface area contributed by atoms with E-state index in [2.05, 4.69) is 54.4 Å². The zero-order valence-corrected chi connectivity index (χ0v) is 14.0. The van der Waals surface area contributed by atoms with Gasteiger partial charge >= 0.3 is 0 Å². The van der Waals surface area contributed by atoms with Crippen molar-refractivity contribution in [1.82, 2.24) is 19.5 Å². The standard InChI is InChI=1S/C17H19ClN4/c1-5-12-8-13(14-6-7-19-17(18)21-14)9-15-16(12)20-11(4)22(15)10(2)3/h6-10H,5H2,1-4H3.